The molecule has 0 saturated heterocycles. The summed E-state index contributed by atoms with van der Waals surface area (Å²) in [7, 11) is 0. The van der Waals surface area contributed by atoms with Crippen LogP contribution >= 0.6 is 11.6 Å². The number of hydrogen-bond donors (Lipinski definition) is 0. The maximum absolute atomic E-state index is 11.2. The first-order chi connectivity index (χ1) is 9.76. The number of pyridine rings is 2. The zero-order chi connectivity index (χ0) is 13.9. The van der Waals surface area contributed by atoms with E-state index in [4.69, 9.17) is 16.3 Å². The van der Waals surface area contributed by atoms with Crippen LogP contribution in [0.2, 0.25) is 5.02 Å². The Kier molecular flexibility index (Phi) is 3.31. The molecule has 0 bridgehead atoms. The van der Waals surface area contributed by atoms with Gasteiger partial charge in [0.1, 0.15) is 5.75 Å². The molecule has 0 aliphatic heterocycles. The predicted octanol–water partition coefficient (Wildman–Crippen LogP) is 3.89. The molecule has 2 aromatic heterocycles. The standard InChI is InChI=1S/C15H9ClN2O2/c16-12-6-13(8-17-7-12)20-15-11(9-19)5-10-3-1-2-4-14(10)18-15/h1-9H. The smallest absolute Gasteiger partial charge is 0.230 e. The van der Waals surface area contributed by atoms with Gasteiger partial charge in [0.25, 0.3) is 0 Å². The topological polar surface area (TPSA) is 52.1 Å². The highest BCUT2D eigenvalue weighted by molar-refractivity contribution is 6.30. The molecule has 3 rings (SSSR count). The van der Waals surface area contributed by atoms with E-state index in [9.17, 15) is 4.79 Å². The summed E-state index contributed by atoms with van der Waals surface area (Å²) in [5.74, 6) is 0.672. The summed E-state index contributed by atoms with van der Waals surface area (Å²) in [6.07, 6.45) is 3.73. The van der Waals surface area contributed by atoms with Crippen molar-refractivity contribution in [1.29, 1.82) is 0 Å². The van der Waals surface area contributed by atoms with Crippen molar-refractivity contribution in [2.45, 2.75) is 0 Å². The monoisotopic (exact) mass is 284 g/mol. The van der Waals surface area contributed by atoms with Crippen molar-refractivity contribution >= 4 is 28.8 Å². The number of nitrogens with zero attached hydrogens (tertiary/aromatic N) is 2. The molecule has 4 nitrogen and oxygen atoms in total. The van der Waals surface area contributed by atoms with E-state index >= 15 is 0 Å². The number of carbonyl (C=O) groups is 1. The number of aromatic nitrogens is 2. The van der Waals surface area contributed by atoms with Gasteiger partial charge in [0.2, 0.25) is 5.88 Å². The molecule has 0 saturated carbocycles. The number of fused-ring (bicyclic) bond motifs is 1. The molecular weight excluding hydrogens is 276 g/mol. The first-order valence-electron chi connectivity index (χ1n) is 5.89. The Balaban J connectivity index is 2.07. The van der Waals surface area contributed by atoms with Crippen molar-refractivity contribution in [2.24, 2.45) is 0 Å². The molecule has 3 aromatic rings. The van der Waals surface area contributed by atoms with Crippen LogP contribution in [0, 0.1) is 0 Å². The third-order valence-electron chi connectivity index (χ3n) is 2.74. The highest BCUT2D eigenvalue weighted by Gasteiger charge is 2.09. The quantitative estimate of drug-likeness (QED) is 0.685. The fourth-order valence-electron chi connectivity index (χ4n) is 1.84. The van der Waals surface area contributed by atoms with Gasteiger partial charge in [0.05, 0.1) is 22.3 Å². The average molecular weight is 285 g/mol. The van der Waals surface area contributed by atoms with Crippen LogP contribution in [0.15, 0.2) is 48.8 Å². The van der Waals surface area contributed by atoms with Gasteiger partial charge in [-0.1, -0.05) is 29.8 Å². The summed E-state index contributed by atoms with van der Waals surface area (Å²) in [4.78, 5) is 19.4. The van der Waals surface area contributed by atoms with E-state index in [-0.39, 0.29) is 5.88 Å². The minimum atomic E-state index is 0.239. The minimum absolute atomic E-state index is 0.239. The van der Waals surface area contributed by atoms with Gasteiger partial charge in [-0.2, -0.15) is 0 Å². The van der Waals surface area contributed by atoms with E-state index in [0.717, 1.165) is 10.9 Å². The van der Waals surface area contributed by atoms with Crippen LogP contribution in [-0.4, -0.2) is 16.3 Å². The number of aldehydes is 1. The molecule has 0 radical (unpaired) electrons. The van der Waals surface area contributed by atoms with E-state index in [1.165, 1.54) is 12.4 Å². The number of ether oxygens (including phenoxy) is 1. The van der Waals surface area contributed by atoms with E-state index in [0.29, 0.717) is 22.6 Å². The molecular formula is C15H9ClN2O2. The van der Waals surface area contributed by atoms with E-state index in [2.05, 4.69) is 9.97 Å². The van der Waals surface area contributed by atoms with Crippen molar-refractivity contribution in [3.8, 4) is 11.6 Å². The third-order valence-corrected chi connectivity index (χ3v) is 2.94. The SMILES string of the molecule is O=Cc1cc2ccccc2nc1Oc1cncc(Cl)c1. The van der Waals surface area contributed by atoms with Gasteiger partial charge in [0.15, 0.2) is 6.29 Å². The second kappa shape index (κ2) is 5.27. The van der Waals surface area contributed by atoms with Crippen molar-refractivity contribution in [2.75, 3.05) is 0 Å². The summed E-state index contributed by atoms with van der Waals surface area (Å²) in [5.41, 5.74) is 1.13. The van der Waals surface area contributed by atoms with Crippen LogP contribution in [0.1, 0.15) is 10.4 Å². The Bertz CT molecular complexity index is 790. The fourth-order valence-corrected chi connectivity index (χ4v) is 2.00. The van der Waals surface area contributed by atoms with Crippen molar-refractivity contribution < 1.29 is 9.53 Å². The van der Waals surface area contributed by atoms with Crippen LogP contribution in [0.4, 0.5) is 0 Å². The maximum atomic E-state index is 11.2. The summed E-state index contributed by atoms with van der Waals surface area (Å²) in [5, 5.41) is 1.34. The number of rotatable bonds is 3. The zero-order valence-corrected chi connectivity index (χ0v) is 11.0. The molecule has 0 atom stereocenters. The van der Waals surface area contributed by atoms with Crippen LogP contribution in [0.5, 0.6) is 11.6 Å². The van der Waals surface area contributed by atoms with Gasteiger partial charge in [0, 0.05) is 17.6 Å². The van der Waals surface area contributed by atoms with Gasteiger partial charge in [-0.25, -0.2) is 4.98 Å². The van der Waals surface area contributed by atoms with E-state index in [1.807, 2.05) is 24.3 Å². The van der Waals surface area contributed by atoms with Gasteiger partial charge < -0.3 is 4.74 Å². The van der Waals surface area contributed by atoms with Crippen LogP contribution in [0.3, 0.4) is 0 Å². The number of hydrogen-bond acceptors (Lipinski definition) is 4. The molecule has 0 N–H and O–H groups in total. The molecule has 0 amide bonds. The molecule has 0 fully saturated rings. The van der Waals surface area contributed by atoms with Crippen molar-refractivity contribution in [1.82, 2.24) is 9.97 Å². The molecule has 0 unspecified atom stereocenters. The van der Waals surface area contributed by atoms with Gasteiger partial charge in [-0.05, 0) is 12.1 Å². The minimum Gasteiger partial charge on any atom is -0.437 e. The van der Waals surface area contributed by atoms with Gasteiger partial charge in [-0.15, -0.1) is 0 Å². The lowest BCUT2D eigenvalue weighted by Crippen LogP contribution is -1.95. The first kappa shape index (κ1) is 12.6. The summed E-state index contributed by atoms with van der Waals surface area (Å²) in [6.45, 7) is 0. The highest BCUT2D eigenvalue weighted by Crippen LogP contribution is 2.26. The molecule has 0 aliphatic carbocycles. The first-order valence-corrected chi connectivity index (χ1v) is 6.27. The number of benzene rings is 1. The zero-order valence-electron chi connectivity index (χ0n) is 10.3. The molecule has 1 aromatic carbocycles. The summed E-state index contributed by atoms with van der Waals surface area (Å²) in [6, 6.07) is 10.9. The fraction of sp³-hybridized carbons (Fsp3) is 0. The van der Waals surface area contributed by atoms with Crippen LogP contribution in [-0.2, 0) is 0 Å². The largest absolute Gasteiger partial charge is 0.437 e. The Morgan fingerprint density at radius 2 is 2.00 bits per heavy atom. The average Bonchev–Trinajstić information content (AvgIpc) is 2.46. The lowest BCUT2D eigenvalue weighted by molar-refractivity contribution is 0.112. The molecule has 0 spiro atoms. The summed E-state index contributed by atoms with van der Waals surface area (Å²) < 4.78 is 5.60. The van der Waals surface area contributed by atoms with Crippen molar-refractivity contribution in [3.05, 3.63) is 59.4 Å². The molecule has 2 heterocycles. The molecule has 20 heavy (non-hydrogen) atoms. The van der Waals surface area contributed by atoms with Gasteiger partial charge >= 0.3 is 0 Å². The predicted molar refractivity (Wildman–Crippen MR) is 76.5 cm³/mol. The number of halogens is 1. The van der Waals surface area contributed by atoms with Crippen molar-refractivity contribution in [3.63, 3.8) is 0 Å². The Morgan fingerprint density at radius 1 is 1.15 bits per heavy atom. The lowest BCUT2D eigenvalue weighted by Gasteiger charge is -2.08. The second-order valence-electron chi connectivity index (χ2n) is 4.13. The van der Waals surface area contributed by atoms with Crippen LogP contribution in [0.25, 0.3) is 10.9 Å². The maximum Gasteiger partial charge on any atom is 0.230 e. The third kappa shape index (κ3) is 2.46. The van der Waals surface area contributed by atoms with E-state index < -0.39 is 0 Å². The second-order valence-corrected chi connectivity index (χ2v) is 4.57. The lowest BCUT2D eigenvalue weighted by atomic mass is 10.1. The van der Waals surface area contributed by atoms with E-state index in [1.54, 1.807) is 12.1 Å². The number of carbonyl (C=O) groups excluding carboxylic acids is 1. The molecule has 5 heteroatoms. The summed E-state index contributed by atoms with van der Waals surface area (Å²) >= 11 is 5.85. The van der Waals surface area contributed by atoms with Crippen LogP contribution < -0.4 is 4.74 Å². The number of para-hydroxylation sites is 1. The molecule has 98 valence electrons. The Labute approximate surface area is 120 Å². The highest BCUT2D eigenvalue weighted by atomic mass is 35.5. The van der Waals surface area contributed by atoms with Gasteiger partial charge in [-0.3, -0.25) is 9.78 Å². The molecule has 0 aliphatic rings. The normalized spacial score (nSPS) is 10.4. The Hall–Kier alpha value is -2.46. The Morgan fingerprint density at radius 3 is 2.80 bits per heavy atom.